The molecular formula is C22H27N3O6. The molecule has 2 saturated heterocycles. The quantitative estimate of drug-likeness (QED) is 0.751. The highest BCUT2D eigenvalue weighted by Crippen LogP contribution is 2.39. The molecule has 2 amide bonds. The molecule has 2 fully saturated rings. The summed E-state index contributed by atoms with van der Waals surface area (Å²) in [7, 11) is 2.97. The lowest BCUT2D eigenvalue weighted by molar-refractivity contribution is -0.0712. The minimum Gasteiger partial charge on any atom is -0.481 e. The molecule has 2 aromatic heterocycles. The maximum Gasteiger partial charge on any atom is 0.257 e. The number of methoxy groups -OCH3 is 2. The van der Waals surface area contributed by atoms with Crippen LogP contribution in [-0.4, -0.2) is 67.3 Å². The Morgan fingerprint density at radius 1 is 1.19 bits per heavy atom. The molecular weight excluding hydrogens is 402 g/mol. The molecule has 0 aromatic carbocycles. The summed E-state index contributed by atoms with van der Waals surface area (Å²) in [5, 5.41) is 2.92. The van der Waals surface area contributed by atoms with Gasteiger partial charge in [0.1, 0.15) is 11.8 Å². The lowest BCUT2D eigenvalue weighted by Crippen LogP contribution is -2.47. The summed E-state index contributed by atoms with van der Waals surface area (Å²) in [6, 6.07) is 4.94. The van der Waals surface area contributed by atoms with E-state index in [0.717, 1.165) is 25.7 Å². The second-order valence-electron chi connectivity index (χ2n) is 7.89. The molecule has 166 valence electrons. The molecule has 1 spiro atoms. The zero-order chi connectivity index (χ0) is 21.8. The van der Waals surface area contributed by atoms with Gasteiger partial charge in [-0.25, -0.2) is 0 Å². The molecule has 2 aliphatic heterocycles. The van der Waals surface area contributed by atoms with E-state index in [2.05, 4.69) is 10.3 Å². The van der Waals surface area contributed by atoms with Gasteiger partial charge in [0.05, 0.1) is 37.8 Å². The van der Waals surface area contributed by atoms with Crippen LogP contribution in [0.1, 0.15) is 46.4 Å². The second kappa shape index (κ2) is 8.97. The van der Waals surface area contributed by atoms with Gasteiger partial charge in [0.2, 0.25) is 11.8 Å². The van der Waals surface area contributed by atoms with E-state index in [1.165, 1.54) is 26.7 Å². The van der Waals surface area contributed by atoms with Gasteiger partial charge >= 0.3 is 0 Å². The van der Waals surface area contributed by atoms with Crippen molar-refractivity contribution in [2.45, 2.75) is 37.4 Å². The standard InChI is InChI=1S/C22H27N3O6/c1-28-18-4-3-17(20(24-18)29-2)19(26)23-13-16-5-7-22(31-16)8-10-25(11-9-22)21(27)15-6-12-30-14-15/h3-4,6,12,14,16H,5,7-11,13H2,1-2H3,(H,23,26)/t16-/m0/s1. The van der Waals surface area contributed by atoms with E-state index in [0.29, 0.717) is 36.6 Å². The molecule has 4 rings (SSSR count). The summed E-state index contributed by atoms with van der Waals surface area (Å²) in [5.41, 5.74) is 0.705. The molecule has 2 aromatic rings. The van der Waals surface area contributed by atoms with Gasteiger partial charge in [-0.05, 0) is 37.8 Å². The molecule has 9 heteroatoms. The third kappa shape index (κ3) is 4.51. The van der Waals surface area contributed by atoms with Crippen LogP contribution in [0.2, 0.25) is 0 Å². The minimum absolute atomic E-state index is 0.00698. The Bertz CT molecular complexity index is 921. The molecule has 0 unspecified atom stereocenters. The largest absolute Gasteiger partial charge is 0.481 e. The molecule has 1 atom stereocenters. The highest BCUT2D eigenvalue weighted by atomic mass is 16.5. The number of nitrogens with zero attached hydrogens (tertiary/aromatic N) is 2. The van der Waals surface area contributed by atoms with Crippen molar-refractivity contribution in [2.75, 3.05) is 33.9 Å². The first-order valence-electron chi connectivity index (χ1n) is 10.4. The number of carbonyl (C=O) groups is 2. The Labute approximate surface area is 180 Å². The number of amides is 2. The van der Waals surface area contributed by atoms with Crippen molar-refractivity contribution in [1.82, 2.24) is 15.2 Å². The van der Waals surface area contributed by atoms with Crippen molar-refractivity contribution in [3.63, 3.8) is 0 Å². The van der Waals surface area contributed by atoms with Crippen molar-refractivity contribution in [2.24, 2.45) is 0 Å². The number of piperidine rings is 1. The fraction of sp³-hybridized carbons (Fsp3) is 0.500. The van der Waals surface area contributed by atoms with Crippen LogP contribution in [0.3, 0.4) is 0 Å². The van der Waals surface area contributed by atoms with Crippen molar-refractivity contribution in [3.8, 4) is 11.8 Å². The van der Waals surface area contributed by atoms with Crippen LogP contribution in [-0.2, 0) is 4.74 Å². The van der Waals surface area contributed by atoms with Crippen LogP contribution in [0.25, 0.3) is 0 Å². The first-order chi connectivity index (χ1) is 15.0. The number of rotatable bonds is 6. The normalized spacial score (nSPS) is 19.9. The maximum atomic E-state index is 12.6. The first-order valence-corrected chi connectivity index (χ1v) is 10.4. The summed E-state index contributed by atoms with van der Waals surface area (Å²) in [5.74, 6) is 0.326. The van der Waals surface area contributed by atoms with Crippen LogP contribution in [0.5, 0.6) is 11.8 Å². The number of nitrogens with one attached hydrogen (secondary N) is 1. The van der Waals surface area contributed by atoms with E-state index in [1.54, 1.807) is 18.2 Å². The van der Waals surface area contributed by atoms with Gasteiger partial charge in [-0.3, -0.25) is 9.59 Å². The van der Waals surface area contributed by atoms with Gasteiger partial charge in [0.15, 0.2) is 0 Å². The predicted octanol–water partition coefficient (Wildman–Crippen LogP) is 2.28. The monoisotopic (exact) mass is 429 g/mol. The zero-order valence-corrected chi connectivity index (χ0v) is 17.8. The molecule has 0 radical (unpaired) electrons. The molecule has 31 heavy (non-hydrogen) atoms. The van der Waals surface area contributed by atoms with Crippen molar-refractivity contribution in [3.05, 3.63) is 41.9 Å². The summed E-state index contributed by atoms with van der Waals surface area (Å²) >= 11 is 0. The molecule has 0 aliphatic carbocycles. The van der Waals surface area contributed by atoms with E-state index in [-0.39, 0.29) is 29.4 Å². The maximum absolute atomic E-state index is 12.6. The fourth-order valence-electron chi connectivity index (χ4n) is 4.26. The minimum atomic E-state index is -0.267. The van der Waals surface area contributed by atoms with Gasteiger partial charge < -0.3 is 28.8 Å². The highest BCUT2D eigenvalue weighted by molar-refractivity contribution is 5.96. The lowest BCUT2D eigenvalue weighted by Gasteiger charge is -2.39. The topological polar surface area (TPSA) is 103 Å². The van der Waals surface area contributed by atoms with E-state index < -0.39 is 0 Å². The van der Waals surface area contributed by atoms with E-state index in [9.17, 15) is 9.59 Å². The van der Waals surface area contributed by atoms with Crippen LogP contribution >= 0.6 is 0 Å². The lowest BCUT2D eigenvalue weighted by atomic mass is 9.88. The van der Waals surface area contributed by atoms with Crippen LogP contribution in [0, 0.1) is 0 Å². The number of hydrogen-bond acceptors (Lipinski definition) is 7. The van der Waals surface area contributed by atoms with Crippen LogP contribution < -0.4 is 14.8 Å². The smallest absolute Gasteiger partial charge is 0.257 e. The van der Waals surface area contributed by atoms with Crippen LogP contribution in [0.4, 0.5) is 0 Å². The summed E-state index contributed by atoms with van der Waals surface area (Å²) in [4.78, 5) is 31.1. The molecule has 0 saturated carbocycles. The predicted molar refractivity (Wildman–Crippen MR) is 110 cm³/mol. The Morgan fingerprint density at radius 3 is 2.68 bits per heavy atom. The summed E-state index contributed by atoms with van der Waals surface area (Å²) < 4.78 is 21.6. The van der Waals surface area contributed by atoms with Gasteiger partial charge in [-0.1, -0.05) is 0 Å². The fourth-order valence-corrected chi connectivity index (χ4v) is 4.26. The van der Waals surface area contributed by atoms with E-state index in [1.807, 2.05) is 4.90 Å². The number of carbonyl (C=O) groups excluding carboxylic acids is 2. The van der Waals surface area contributed by atoms with E-state index >= 15 is 0 Å². The number of likely N-dealkylation sites (tertiary alicyclic amines) is 1. The average molecular weight is 429 g/mol. The SMILES string of the molecule is COc1ccc(C(=O)NC[C@@H]2CCC3(CCN(C(=O)c4ccoc4)CC3)O2)c(OC)n1. The Morgan fingerprint density at radius 2 is 2.00 bits per heavy atom. The number of pyridine rings is 1. The molecule has 4 heterocycles. The second-order valence-corrected chi connectivity index (χ2v) is 7.89. The van der Waals surface area contributed by atoms with Crippen LogP contribution in [0.15, 0.2) is 35.1 Å². The van der Waals surface area contributed by atoms with Gasteiger partial charge in [0, 0.05) is 25.7 Å². The average Bonchev–Trinajstić information content (AvgIpc) is 3.48. The van der Waals surface area contributed by atoms with E-state index in [4.69, 9.17) is 18.6 Å². The van der Waals surface area contributed by atoms with Crippen molar-refractivity contribution in [1.29, 1.82) is 0 Å². The summed E-state index contributed by atoms with van der Waals surface area (Å²) in [6.45, 7) is 1.71. The van der Waals surface area contributed by atoms with Crippen molar-refractivity contribution >= 4 is 11.8 Å². The highest BCUT2D eigenvalue weighted by Gasteiger charge is 2.43. The molecule has 1 N–H and O–H groups in total. The number of hydrogen-bond donors (Lipinski definition) is 1. The number of aromatic nitrogens is 1. The van der Waals surface area contributed by atoms with Gasteiger partial charge in [-0.2, -0.15) is 4.98 Å². The third-order valence-electron chi connectivity index (χ3n) is 6.04. The van der Waals surface area contributed by atoms with Gasteiger partial charge in [-0.15, -0.1) is 0 Å². The third-order valence-corrected chi connectivity index (χ3v) is 6.04. The molecule has 9 nitrogen and oxygen atoms in total. The number of ether oxygens (including phenoxy) is 3. The first kappa shape index (κ1) is 21.2. The Hall–Kier alpha value is -3.07. The molecule has 0 bridgehead atoms. The summed E-state index contributed by atoms with van der Waals surface area (Å²) in [6.07, 6.45) is 6.30. The molecule has 2 aliphatic rings. The van der Waals surface area contributed by atoms with Crippen molar-refractivity contribution < 1.29 is 28.2 Å². The van der Waals surface area contributed by atoms with Gasteiger partial charge in [0.25, 0.3) is 11.8 Å². The zero-order valence-electron chi connectivity index (χ0n) is 17.8. The Kier molecular flexibility index (Phi) is 6.13. The number of furan rings is 1. The Balaban J connectivity index is 1.28.